The molecule has 2 N–H and O–H groups in total. The molecule has 84 valence electrons. The Balaban J connectivity index is 2.53. The van der Waals surface area contributed by atoms with Gasteiger partial charge in [-0.15, -0.1) is 0 Å². The zero-order valence-electron chi connectivity index (χ0n) is 9.18. The maximum Gasteiger partial charge on any atom is 0.148 e. The average molecular weight is 229 g/mol. The fourth-order valence-electron chi connectivity index (χ4n) is 1.22. The summed E-state index contributed by atoms with van der Waals surface area (Å²) in [6.45, 7) is 6.79. The van der Waals surface area contributed by atoms with Gasteiger partial charge in [-0.05, 0) is 13.0 Å². The van der Waals surface area contributed by atoms with Crippen LogP contribution in [0.15, 0.2) is 6.33 Å². The number of likely N-dealkylation sites (N-methyl/N-ethyl adjacent to an activating group) is 1. The van der Waals surface area contributed by atoms with Crippen molar-refractivity contribution in [3.63, 3.8) is 0 Å². The van der Waals surface area contributed by atoms with Gasteiger partial charge < -0.3 is 10.6 Å². The van der Waals surface area contributed by atoms with Gasteiger partial charge in [0.2, 0.25) is 0 Å². The van der Waals surface area contributed by atoms with Crippen molar-refractivity contribution in [2.45, 2.75) is 20.3 Å². The van der Waals surface area contributed by atoms with Crippen LogP contribution in [-0.4, -0.2) is 29.6 Å². The Morgan fingerprint density at radius 2 is 2.07 bits per heavy atom. The van der Waals surface area contributed by atoms with Crippen LogP contribution in [0.2, 0.25) is 5.02 Å². The highest BCUT2D eigenvalue weighted by Gasteiger charge is 2.06. The zero-order chi connectivity index (χ0) is 11.1. The Bertz CT molecular complexity index is 303. The van der Waals surface area contributed by atoms with Gasteiger partial charge in [-0.2, -0.15) is 0 Å². The van der Waals surface area contributed by atoms with E-state index in [-0.39, 0.29) is 0 Å². The molecule has 0 saturated carbocycles. The zero-order valence-corrected chi connectivity index (χ0v) is 9.93. The molecule has 0 amide bonds. The summed E-state index contributed by atoms with van der Waals surface area (Å²) in [7, 11) is 0. The van der Waals surface area contributed by atoms with Crippen LogP contribution < -0.4 is 10.6 Å². The Hall–Kier alpha value is -0.870. The summed E-state index contributed by atoms with van der Waals surface area (Å²) in [6, 6.07) is 0. The van der Waals surface area contributed by atoms with E-state index >= 15 is 0 Å². The van der Waals surface area contributed by atoms with E-state index < -0.39 is 0 Å². The maximum absolute atomic E-state index is 6.11. The van der Waals surface area contributed by atoms with Gasteiger partial charge in [0.05, 0.1) is 5.69 Å². The molecule has 15 heavy (non-hydrogen) atoms. The summed E-state index contributed by atoms with van der Waals surface area (Å²) in [5.74, 6) is 0.724. The molecule has 0 radical (unpaired) electrons. The highest BCUT2D eigenvalue weighted by Crippen LogP contribution is 2.21. The van der Waals surface area contributed by atoms with Crippen molar-refractivity contribution in [1.29, 1.82) is 0 Å². The largest absolute Gasteiger partial charge is 0.367 e. The van der Waals surface area contributed by atoms with Crippen molar-refractivity contribution in [3.8, 4) is 0 Å². The van der Waals surface area contributed by atoms with Crippen LogP contribution >= 0.6 is 11.6 Å². The van der Waals surface area contributed by atoms with Gasteiger partial charge in [0.25, 0.3) is 0 Å². The first kappa shape index (κ1) is 12.2. The molecule has 0 spiro atoms. The van der Waals surface area contributed by atoms with Crippen LogP contribution in [0.25, 0.3) is 0 Å². The van der Waals surface area contributed by atoms with Crippen molar-refractivity contribution < 1.29 is 0 Å². The lowest BCUT2D eigenvalue weighted by molar-refractivity contribution is 0.737. The number of hydrogen-bond acceptors (Lipinski definition) is 4. The summed E-state index contributed by atoms with van der Waals surface area (Å²) in [5, 5.41) is 7.03. The molecule has 0 aromatic carbocycles. The Morgan fingerprint density at radius 3 is 2.73 bits per heavy atom. The van der Waals surface area contributed by atoms with E-state index in [1.807, 2.05) is 6.92 Å². The van der Waals surface area contributed by atoms with Gasteiger partial charge in [-0.1, -0.05) is 25.4 Å². The molecule has 0 aliphatic heterocycles. The average Bonchev–Trinajstić information content (AvgIpc) is 2.26. The molecular weight excluding hydrogens is 212 g/mol. The first-order valence-electron chi connectivity index (χ1n) is 5.23. The first-order chi connectivity index (χ1) is 7.29. The highest BCUT2D eigenvalue weighted by atomic mass is 35.5. The summed E-state index contributed by atoms with van der Waals surface area (Å²) in [4.78, 5) is 8.21. The molecule has 0 unspecified atom stereocenters. The molecular formula is C10H17ClN4. The molecule has 0 aliphatic carbocycles. The Morgan fingerprint density at radius 1 is 1.27 bits per heavy atom. The Kier molecular flexibility index (Phi) is 5.36. The summed E-state index contributed by atoms with van der Waals surface area (Å²) in [5.41, 5.74) is 0.887. The van der Waals surface area contributed by atoms with Crippen molar-refractivity contribution in [2.75, 3.05) is 25.0 Å². The number of hydrogen-bond donors (Lipinski definition) is 2. The topological polar surface area (TPSA) is 49.8 Å². The minimum absolute atomic E-state index is 0.636. The van der Waals surface area contributed by atoms with E-state index in [0.29, 0.717) is 5.02 Å². The molecule has 0 atom stereocenters. The SMILES string of the molecule is CCNCCNc1ncnc(CC)c1Cl. The number of anilines is 1. The molecule has 0 bridgehead atoms. The third-order valence-corrected chi connectivity index (χ3v) is 2.44. The van der Waals surface area contributed by atoms with Crippen LogP contribution in [-0.2, 0) is 6.42 Å². The molecule has 1 aromatic rings. The third-order valence-electron chi connectivity index (χ3n) is 2.04. The summed E-state index contributed by atoms with van der Waals surface area (Å²) < 4.78 is 0. The van der Waals surface area contributed by atoms with Crippen LogP contribution in [0, 0.1) is 0 Å². The Labute approximate surface area is 95.5 Å². The number of aromatic nitrogens is 2. The lowest BCUT2D eigenvalue weighted by Gasteiger charge is -2.08. The van der Waals surface area contributed by atoms with Crippen LogP contribution in [0.4, 0.5) is 5.82 Å². The first-order valence-corrected chi connectivity index (χ1v) is 5.61. The normalized spacial score (nSPS) is 10.3. The molecule has 1 rings (SSSR count). The van der Waals surface area contributed by atoms with Crippen LogP contribution in [0.3, 0.4) is 0 Å². The fraction of sp³-hybridized carbons (Fsp3) is 0.600. The summed E-state index contributed by atoms with van der Waals surface area (Å²) in [6.07, 6.45) is 2.36. The second-order valence-electron chi connectivity index (χ2n) is 3.12. The molecule has 0 saturated heterocycles. The predicted octanol–water partition coefficient (Wildman–Crippen LogP) is 1.71. The minimum atomic E-state index is 0.636. The number of aryl methyl sites for hydroxylation is 1. The van der Waals surface area contributed by atoms with E-state index in [9.17, 15) is 0 Å². The molecule has 0 aliphatic rings. The summed E-state index contributed by atoms with van der Waals surface area (Å²) >= 11 is 6.11. The van der Waals surface area contributed by atoms with Gasteiger partial charge in [0.1, 0.15) is 17.2 Å². The second-order valence-corrected chi connectivity index (χ2v) is 3.49. The number of halogens is 1. The predicted molar refractivity (Wildman–Crippen MR) is 63.5 cm³/mol. The second kappa shape index (κ2) is 6.58. The van der Waals surface area contributed by atoms with Crippen molar-refractivity contribution >= 4 is 17.4 Å². The van der Waals surface area contributed by atoms with E-state index in [1.165, 1.54) is 0 Å². The molecule has 5 heteroatoms. The van der Waals surface area contributed by atoms with E-state index in [4.69, 9.17) is 11.6 Å². The lowest BCUT2D eigenvalue weighted by Crippen LogP contribution is -2.22. The van der Waals surface area contributed by atoms with Gasteiger partial charge in [0.15, 0.2) is 0 Å². The van der Waals surface area contributed by atoms with E-state index in [2.05, 4.69) is 27.5 Å². The fourth-order valence-corrected chi connectivity index (χ4v) is 1.52. The smallest absolute Gasteiger partial charge is 0.148 e. The quantitative estimate of drug-likeness (QED) is 0.728. The van der Waals surface area contributed by atoms with Crippen molar-refractivity contribution in [1.82, 2.24) is 15.3 Å². The van der Waals surface area contributed by atoms with Gasteiger partial charge in [-0.3, -0.25) is 0 Å². The monoisotopic (exact) mass is 228 g/mol. The standard InChI is InChI=1S/C10H17ClN4/c1-3-8-9(11)10(15-7-14-8)13-6-5-12-4-2/h7,12H,3-6H2,1-2H3,(H,13,14,15). The third kappa shape index (κ3) is 3.64. The number of nitrogens with zero attached hydrogens (tertiary/aromatic N) is 2. The molecule has 1 heterocycles. The van der Waals surface area contributed by atoms with Gasteiger partial charge in [-0.25, -0.2) is 9.97 Å². The van der Waals surface area contributed by atoms with E-state index in [0.717, 1.165) is 37.6 Å². The van der Waals surface area contributed by atoms with Crippen molar-refractivity contribution in [3.05, 3.63) is 17.0 Å². The van der Waals surface area contributed by atoms with Crippen LogP contribution in [0.5, 0.6) is 0 Å². The van der Waals surface area contributed by atoms with E-state index in [1.54, 1.807) is 6.33 Å². The minimum Gasteiger partial charge on any atom is -0.367 e. The van der Waals surface area contributed by atoms with Crippen molar-refractivity contribution in [2.24, 2.45) is 0 Å². The van der Waals surface area contributed by atoms with Crippen LogP contribution in [0.1, 0.15) is 19.5 Å². The highest BCUT2D eigenvalue weighted by molar-refractivity contribution is 6.33. The molecule has 1 aromatic heterocycles. The van der Waals surface area contributed by atoms with Gasteiger partial charge >= 0.3 is 0 Å². The molecule has 0 fully saturated rings. The number of rotatable bonds is 6. The van der Waals surface area contributed by atoms with Gasteiger partial charge in [0, 0.05) is 13.1 Å². The lowest BCUT2D eigenvalue weighted by atomic mass is 10.3. The number of nitrogens with one attached hydrogen (secondary N) is 2. The molecule has 4 nitrogen and oxygen atoms in total. The maximum atomic E-state index is 6.11.